The molecule has 0 unspecified atom stereocenters. The molecule has 0 saturated carbocycles. The van der Waals surface area contributed by atoms with Crippen molar-refractivity contribution < 1.29 is 0 Å². The molecule has 0 amide bonds. The highest BCUT2D eigenvalue weighted by atomic mass is 15.1. The van der Waals surface area contributed by atoms with Crippen molar-refractivity contribution in [3.63, 3.8) is 0 Å². The van der Waals surface area contributed by atoms with E-state index >= 15 is 0 Å². The summed E-state index contributed by atoms with van der Waals surface area (Å²) < 4.78 is 0. The SMILES string of the molecule is C=C(CC1=C(C)CN(C)C1)C(C)C. The fourth-order valence-electron chi connectivity index (χ4n) is 1.72. The number of rotatable bonds is 3. The second kappa shape index (κ2) is 4.10. The van der Waals surface area contributed by atoms with Crippen molar-refractivity contribution in [2.45, 2.75) is 27.2 Å². The molecular formula is C12H21N. The zero-order valence-electron chi connectivity index (χ0n) is 9.35. The summed E-state index contributed by atoms with van der Waals surface area (Å²) in [5.41, 5.74) is 4.50. The molecule has 74 valence electrons. The molecule has 0 radical (unpaired) electrons. The highest BCUT2D eigenvalue weighted by molar-refractivity contribution is 5.25. The molecule has 0 N–H and O–H groups in total. The van der Waals surface area contributed by atoms with Crippen molar-refractivity contribution in [2.24, 2.45) is 5.92 Å². The highest BCUT2D eigenvalue weighted by Crippen LogP contribution is 2.24. The van der Waals surface area contributed by atoms with Crippen molar-refractivity contribution in [3.8, 4) is 0 Å². The Hall–Kier alpha value is -0.560. The predicted molar refractivity (Wildman–Crippen MR) is 58.8 cm³/mol. The molecular weight excluding hydrogens is 158 g/mol. The zero-order valence-corrected chi connectivity index (χ0v) is 9.35. The topological polar surface area (TPSA) is 3.24 Å². The molecule has 0 aromatic rings. The molecule has 0 aromatic heterocycles. The van der Waals surface area contributed by atoms with Crippen LogP contribution in [-0.4, -0.2) is 25.0 Å². The summed E-state index contributed by atoms with van der Waals surface area (Å²) >= 11 is 0. The fraction of sp³-hybridized carbons (Fsp3) is 0.667. The molecule has 0 bridgehead atoms. The minimum absolute atomic E-state index is 0.617. The van der Waals surface area contributed by atoms with Crippen LogP contribution < -0.4 is 0 Å². The quantitative estimate of drug-likeness (QED) is 0.602. The first-order valence-corrected chi connectivity index (χ1v) is 5.04. The Morgan fingerprint density at radius 3 is 2.46 bits per heavy atom. The smallest absolute Gasteiger partial charge is 0.0199 e. The van der Waals surface area contributed by atoms with Crippen LogP contribution in [0.15, 0.2) is 23.3 Å². The molecule has 1 nitrogen and oxygen atoms in total. The lowest BCUT2D eigenvalue weighted by Gasteiger charge is -2.11. The summed E-state index contributed by atoms with van der Waals surface area (Å²) in [6, 6.07) is 0. The molecule has 0 fully saturated rings. The number of likely N-dealkylation sites (N-methyl/N-ethyl adjacent to an activating group) is 1. The van der Waals surface area contributed by atoms with Gasteiger partial charge in [0.25, 0.3) is 0 Å². The van der Waals surface area contributed by atoms with Crippen molar-refractivity contribution in [3.05, 3.63) is 23.3 Å². The second-order valence-corrected chi connectivity index (χ2v) is 4.55. The third kappa shape index (κ3) is 2.70. The number of allylic oxidation sites excluding steroid dienone is 1. The van der Waals surface area contributed by atoms with Gasteiger partial charge in [0.2, 0.25) is 0 Å². The molecule has 0 aliphatic carbocycles. The minimum Gasteiger partial charge on any atom is -0.299 e. The molecule has 0 atom stereocenters. The first kappa shape index (κ1) is 10.5. The normalized spacial score (nSPS) is 18.8. The van der Waals surface area contributed by atoms with Gasteiger partial charge < -0.3 is 0 Å². The summed E-state index contributed by atoms with van der Waals surface area (Å²) in [6.45, 7) is 13.1. The van der Waals surface area contributed by atoms with E-state index in [0.29, 0.717) is 5.92 Å². The van der Waals surface area contributed by atoms with E-state index in [9.17, 15) is 0 Å². The van der Waals surface area contributed by atoms with Crippen LogP contribution in [0.2, 0.25) is 0 Å². The van der Waals surface area contributed by atoms with Crippen LogP contribution in [0, 0.1) is 5.92 Å². The van der Waals surface area contributed by atoms with Gasteiger partial charge in [0.1, 0.15) is 0 Å². The van der Waals surface area contributed by atoms with Crippen molar-refractivity contribution in [1.82, 2.24) is 4.90 Å². The molecule has 1 rings (SSSR count). The molecule has 1 aliphatic heterocycles. The van der Waals surface area contributed by atoms with E-state index in [4.69, 9.17) is 0 Å². The van der Waals surface area contributed by atoms with E-state index in [1.165, 1.54) is 5.57 Å². The molecule has 13 heavy (non-hydrogen) atoms. The molecule has 1 heteroatoms. The van der Waals surface area contributed by atoms with E-state index in [0.717, 1.165) is 19.5 Å². The van der Waals surface area contributed by atoms with Crippen LogP contribution in [0.4, 0.5) is 0 Å². The maximum Gasteiger partial charge on any atom is 0.0199 e. The predicted octanol–water partition coefficient (Wildman–Crippen LogP) is 2.85. The lowest BCUT2D eigenvalue weighted by molar-refractivity contribution is 0.422. The highest BCUT2D eigenvalue weighted by Gasteiger charge is 2.16. The van der Waals surface area contributed by atoms with E-state index in [1.807, 2.05) is 0 Å². The Kier molecular flexibility index (Phi) is 3.32. The van der Waals surface area contributed by atoms with Gasteiger partial charge in [-0.05, 0) is 26.3 Å². The summed E-state index contributed by atoms with van der Waals surface area (Å²) in [6.07, 6.45) is 1.10. The Balaban J connectivity index is 2.55. The maximum absolute atomic E-state index is 4.12. The summed E-state index contributed by atoms with van der Waals surface area (Å²) in [5, 5.41) is 0. The van der Waals surface area contributed by atoms with Gasteiger partial charge in [-0.15, -0.1) is 0 Å². The maximum atomic E-state index is 4.12. The molecule has 0 spiro atoms. The van der Waals surface area contributed by atoms with E-state index in [2.05, 4.69) is 39.3 Å². The van der Waals surface area contributed by atoms with E-state index in [-0.39, 0.29) is 0 Å². The number of nitrogens with zero attached hydrogens (tertiary/aromatic N) is 1. The van der Waals surface area contributed by atoms with E-state index < -0.39 is 0 Å². The van der Waals surface area contributed by atoms with Gasteiger partial charge in [0.15, 0.2) is 0 Å². The molecule has 0 aromatic carbocycles. The van der Waals surface area contributed by atoms with Crippen molar-refractivity contribution in [2.75, 3.05) is 20.1 Å². The van der Waals surface area contributed by atoms with Gasteiger partial charge in [-0.3, -0.25) is 4.90 Å². The largest absolute Gasteiger partial charge is 0.299 e. The Labute approximate surface area is 82.1 Å². The Morgan fingerprint density at radius 2 is 2.08 bits per heavy atom. The van der Waals surface area contributed by atoms with Gasteiger partial charge in [-0.2, -0.15) is 0 Å². The van der Waals surface area contributed by atoms with Gasteiger partial charge in [0.05, 0.1) is 0 Å². The monoisotopic (exact) mass is 179 g/mol. The third-order valence-corrected chi connectivity index (χ3v) is 2.83. The summed E-state index contributed by atoms with van der Waals surface area (Å²) in [4.78, 5) is 2.36. The van der Waals surface area contributed by atoms with E-state index in [1.54, 1.807) is 11.1 Å². The Morgan fingerprint density at radius 1 is 1.46 bits per heavy atom. The summed E-state index contributed by atoms with van der Waals surface area (Å²) in [7, 11) is 2.18. The zero-order chi connectivity index (χ0) is 10.0. The first-order chi connectivity index (χ1) is 6.00. The van der Waals surface area contributed by atoms with Crippen molar-refractivity contribution >= 4 is 0 Å². The lowest BCUT2D eigenvalue weighted by Crippen LogP contribution is -2.14. The van der Waals surface area contributed by atoms with Crippen LogP contribution >= 0.6 is 0 Å². The van der Waals surface area contributed by atoms with Crippen LogP contribution in [0.3, 0.4) is 0 Å². The molecule has 1 heterocycles. The van der Waals surface area contributed by atoms with Crippen LogP contribution in [0.1, 0.15) is 27.2 Å². The van der Waals surface area contributed by atoms with Gasteiger partial charge in [0, 0.05) is 13.1 Å². The standard InChI is InChI=1S/C12H21N/c1-9(2)10(3)6-12-8-13(5)7-11(12)4/h9H,3,6-8H2,1-2,4-5H3. The summed E-state index contributed by atoms with van der Waals surface area (Å²) in [5.74, 6) is 0.617. The third-order valence-electron chi connectivity index (χ3n) is 2.83. The number of hydrogen-bond acceptors (Lipinski definition) is 1. The van der Waals surface area contributed by atoms with Gasteiger partial charge >= 0.3 is 0 Å². The molecule has 1 aliphatic rings. The van der Waals surface area contributed by atoms with Gasteiger partial charge in [-0.25, -0.2) is 0 Å². The molecule has 0 saturated heterocycles. The van der Waals surface area contributed by atoms with Crippen LogP contribution in [0.5, 0.6) is 0 Å². The van der Waals surface area contributed by atoms with Crippen LogP contribution in [-0.2, 0) is 0 Å². The van der Waals surface area contributed by atoms with Gasteiger partial charge in [-0.1, -0.05) is 37.1 Å². The lowest BCUT2D eigenvalue weighted by atomic mass is 9.96. The van der Waals surface area contributed by atoms with Crippen molar-refractivity contribution in [1.29, 1.82) is 0 Å². The van der Waals surface area contributed by atoms with Crippen LogP contribution in [0.25, 0.3) is 0 Å². The first-order valence-electron chi connectivity index (χ1n) is 5.04. The number of hydrogen-bond donors (Lipinski definition) is 0. The Bertz CT molecular complexity index is 236. The fourth-order valence-corrected chi connectivity index (χ4v) is 1.72. The average molecular weight is 179 g/mol. The minimum atomic E-state index is 0.617. The second-order valence-electron chi connectivity index (χ2n) is 4.55. The average Bonchev–Trinajstić information content (AvgIpc) is 2.30.